The van der Waals surface area contributed by atoms with Crippen LogP contribution in [0.15, 0.2) is 18.2 Å². The van der Waals surface area contributed by atoms with Crippen molar-refractivity contribution in [2.75, 3.05) is 30.5 Å². The molecule has 1 amide bonds. The molecule has 0 spiro atoms. The lowest BCUT2D eigenvalue weighted by atomic mass is 9.79. The predicted molar refractivity (Wildman–Crippen MR) is 89.7 cm³/mol. The Hall–Kier alpha value is -1.26. The lowest BCUT2D eigenvalue weighted by molar-refractivity contribution is -0.117. The summed E-state index contributed by atoms with van der Waals surface area (Å²) in [6.07, 6.45) is 5.61. The number of ether oxygens (including phenoxy) is 1. The van der Waals surface area contributed by atoms with E-state index in [-0.39, 0.29) is 5.91 Å². The minimum absolute atomic E-state index is 0.0531. The van der Waals surface area contributed by atoms with Gasteiger partial charge in [-0.25, -0.2) is 0 Å². The monoisotopic (exact) mass is 322 g/mol. The number of benzene rings is 1. The van der Waals surface area contributed by atoms with E-state index >= 15 is 0 Å². The van der Waals surface area contributed by atoms with Crippen LogP contribution >= 0.6 is 11.6 Å². The molecule has 120 valence electrons. The number of hydrogen-bond acceptors (Lipinski definition) is 3. The molecule has 2 heterocycles. The van der Waals surface area contributed by atoms with Crippen LogP contribution in [0.25, 0.3) is 0 Å². The van der Waals surface area contributed by atoms with E-state index in [1.807, 2.05) is 18.2 Å². The molecule has 1 aromatic carbocycles. The van der Waals surface area contributed by atoms with E-state index in [0.29, 0.717) is 19.1 Å². The molecule has 3 fully saturated rings. The van der Waals surface area contributed by atoms with Gasteiger partial charge in [-0.1, -0.05) is 11.6 Å². The van der Waals surface area contributed by atoms with Crippen molar-refractivity contribution in [3.63, 3.8) is 0 Å². The molecule has 0 atom stereocenters. The molecule has 1 aliphatic carbocycles. The summed E-state index contributed by atoms with van der Waals surface area (Å²) in [7, 11) is 1.59. The molecule has 4 nitrogen and oxygen atoms in total. The van der Waals surface area contributed by atoms with Gasteiger partial charge in [-0.3, -0.25) is 4.79 Å². The number of nitrogens with zero attached hydrogens (tertiary/aromatic N) is 1. The fourth-order valence-electron chi connectivity index (χ4n) is 3.60. The Morgan fingerprint density at radius 3 is 2.73 bits per heavy atom. The molecule has 4 rings (SSSR count). The Balaban J connectivity index is 1.68. The van der Waals surface area contributed by atoms with Gasteiger partial charge in [0, 0.05) is 25.4 Å². The first-order valence-electron chi connectivity index (χ1n) is 8.02. The molecular formula is C17H23ClN2O2. The van der Waals surface area contributed by atoms with Gasteiger partial charge in [0.05, 0.1) is 23.7 Å². The minimum atomic E-state index is -0.0531. The van der Waals surface area contributed by atoms with Gasteiger partial charge in [-0.15, -0.1) is 0 Å². The van der Waals surface area contributed by atoms with Gasteiger partial charge in [0.15, 0.2) is 0 Å². The van der Waals surface area contributed by atoms with Gasteiger partial charge in [-0.05, 0) is 49.8 Å². The average Bonchev–Trinajstić information content (AvgIpc) is 2.54. The first-order valence-corrected chi connectivity index (χ1v) is 8.40. The van der Waals surface area contributed by atoms with E-state index < -0.39 is 0 Å². The smallest absolute Gasteiger partial charge is 0.226 e. The number of carbonyl (C=O) groups excluding carboxylic acids is 1. The number of piperidine rings is 2. The summed E-state index contributed by atoms with van der Waals surface area (Å²) in [4.78, 5) is 14.2. The van der Waals surface area contributed by atoms with E-state index in [4.69, 9.17) is 16.3 Å². The number of anilines is 2. The van der Waals surface area contributed by atoms with E-state index in [2.05, 4.69) is 10.2 Å². The summed E-state index contributed by atoms with van der Waals surface area (Å²) in [6, 6.07) is 6.46. The Morgan fingerprint density at radius 2 is 2.14 bits per heavy atom. The van der Waals surface area contributed by atoms with Gasteiger partial charge in [0.1, 0.15) is 0 Å². The van der Waals surface area contributed by atoms with Crippen LogP contribution < -0.4 is 10.2 Å². The van der Waals surface area contributed by atoms with E-state index in [1.54, 1.807) is 7.11 Å². The molecule has 2 saturated heterocycles. The van der Waals surface area contributed by atoms with Crippen LogP contribution in [0, 0.1) is 5.92 Å². The summed E-state index contributed by atoms with van der Waals surface area (Å²) in [5.74, 6) is 0.761. The zero-order valence-corrected chi connectivity index (χ0v) is 13.7. The Morgan fingerprint density at radius 1 is 1.36 bits per heavy atom. The standard InChI is InChI=1S/C17H23ClN2O2/c1-22-9-8-17(21)19-13-4-7-16(15(18)10-13)20-11-12-2-5-14(20)6-3-12/h4,7,10,12,14H,2-3,5-6,8-9,11H2,1H3,(H,19,21). The summed E-state index contributed by atoms with van der Waals surface area (Å²) < 4.78 is 4.91. The number of halogens is 1. The lowest BCUT2D eigenvalue weighted by Gasteiger charge is -2.47. The number of amides is 1. The van der Waals surface area contributed by atoms with Crippen molar-refractivity contribution >= 4 is 28.9 Å². The van der Waals surface area contributed by atoms with E-state index in [1.165, 1.54) is 25.7 Å². The average molecular weight is 323 g/mol. The first-order chi connectivity index (χ1) is 10.7. The molecule has 0 unspecified atom stereocenters. The minimum Gasteiger partial charge on any atom is -0.384 e. The number of rotatable bonds is 5. The fourth-order valence-corrected chi connectivity index (χ4v) is 3.89. The van der Waals surface area contributed by atoms with Crippen LogP contribution in [0.1, 0.15) is 32.1 Å². The van der Waals surface area contributed by atoms with Crippen LogP contribution in [0.2, 0.25) is 5.02 Å². The highest BCUT2D eigenvalue weighted by Crippen LogP contribution is 2.40. The van der Waals surface area contributed by atoms with Crippen LogP contribution in [0.4, 0.5) is 11.4 Å². The number of nitrogens with one attached hydrogen (secondary N) is 1. The summed E-state index contributed by atoms with van der Waals surface area (Å²) in [5.41, 5.74) is 1.85. The maximum Gasteiger partial charge on any atom is 0.226 e. The van der Waals surface area contributed by atoms with Gasteiger partial charge in [0.25, 0.3) is 0 Å². The van der Waals surface area contributed by atoms with Crippen LogP contribution in [-0.4, -0.2) is 32.2 Å². The molecule has 1 saturated carbocycles. The second kappa shape index (κ2) is 6.88. The number of carbonyl (C=O) groups is 1. The van der Waals surface area contributed by atoms with Gasteiger partial charge in [0.2, 0.25) is 5.91 Å². The van der Waals surface area contributed by atoms with Crippen molar-refractivity contribution in [3.05, 3.63) is 23.2 Å². The topological polar surface area (TPSA) is 41.6 Å². The molecule has 1 N–H and O–H groups in total. The van der Waals surface area contributed by atoms with Crippen molar-refractivity contribution in [1.82, 2.24) is 0 Å². The molecular weight excluding hydrogens is 300 g/mol. The van der Waals surface area contributed by atoms with Gasteiger partial charge in [-0.2, -0.15) is 0 Å². The lowest BCUT2D eigenvalue weighted by Crippen LogP contribution is -2.48. The van der Waals surface area contributed by atoms with Crippen LogP contribution in [-0.2, 0) is 9.53 Å². The zero-order valence-electron chi connectivity index (χ0n) is 13.0. The van der Waals surface area contributed by atoms with Crippen molar-refractivity contribution in [2.45, 2.75) is 38.1 Å². The third-order valence-corrected chi connectivity index (χ3v) is 5.09. The van der Waals surface area contributed by atoms with Crippen molar-refractivity contribution in [3.8, 4) is 0 Å². The molecule has 2 aliphatic heterocycles. The molecule has 2 bridgehead atoms. The molecule has 5 heteroatoms. The number of fused-ring (bicyclic) bond motifs is 3. The largest absolute Gasteiger partial charge is 0.384 e. The number of hydrogen-bond donors (Lipinski definition) is 1. The molecule has 3 aliphatic rings. The van der Waals surface area contributed by atoms with Crippen molar-refractivity contribution < 1.29 is 9.53 Å². The Labute approximate surface area is 136 Å². The third-order valence-electron chi connectivity index (χ3n) is 4.79. The quantitative estimate of drug-likeness (QED) is 0.898. The second-order valence-electron chi connectivity index (χ2n) is 6.28. The highest BCUT2D eigenvalue weighted by Gasteiger charge is 2.34. The Bertz CT molecular complexity index is 541. The normalized spacial score (nSPS) is 23.6. The summed E-state index contributed by atoms with van der Waals surface area (Å²) in [5, 5.41) is 3.58. The van der Waals surface area contributed by atoms with E-state index in [9.17, 15) is 4.79 Å². The molecule has 1 aromatic rings. The van der Waals surface area contributed by atoms with Gasteiger partial charge < -0.3 is 15.0 Å². The van der Waals surface area contributed by atoms with Crippen LogP contribution in [0.5, 0.6) is 0 Å². The SMILES string of the molecule is COCCC(=O)Nc1ccc(N2CC3CCC2CC3)c(Cl)c1. The Kier molecular flexibility index (Phi) is 4.89. The molecule has 0 radical (unpaired) electrons. The first kappa shape index (κ1) is 15.6. The van der Waals surface area contributed by atoms with E-state index in [0.717, 1.165) is 28.9 Å². The second-order valence-corrected chi connectivity index (χ2v) is 6.69. The summed E-state index contributed by atoms with van der Waals surface area (Å²) >= 11 is 6.47. The van der Waals surface area contributed by atoms with Crippen molar-refractivity contribution in [1.29, 1.82) is 0 Å². The fraction of sp³-hybridized carbons (Fsp3) is 0.588. The number of methoxy groups -OCH3 is 1. The highest BCUT2D eigenvalue weighted by atomic mass is 35.5. The summed E-state index contributed by atoms with van der Waals surface area (Å²) in [6.45, 7) is 1.54. The highest BCUT2D eigenvalue weighted by molar-refractivity contribution is 6.33. The van der Waals surface area contributed by atoms with Gasteiger partial charge >= 0.3 is 0 Å². The third kappa shape index (κ3) is 3.39. The maximum absolute atomic E-state index is 11.7. The molecule has 22 heavy (non-hydrogen) atoms. The van der Waals surface area contributed by atoms with Crippen molar-refractivity contribution in [2.24, 2.45) is 5.92 Å². The predicted octanol–water partition coefficient (Wildman–Crippen LogP) is 3.69. The molecule has 0 aromatic heterocycles. The zero-order chi connectivity index (χ0) is 15.5. The van der Waals surface area contributed by atoms with Crippen LogP contribution in [0.3, 0.4) is 0 Å². The maximum atomic E-state index is 11.7.